The standard InChI is InChI=1S/C15H18N4O.ClH/c20-14(10-16-9-11-5-6-11)19-8-7-18-13-4-2-1-3-12(13)17-15(18)19;/h1-4,11,16H,5-10H2;1H. The molecule has 2 aliphatic rings. The lowest BCUT2D eigenvalue weighted by atomic mass is 10.3. The third kappa shape index (κ3) is 2.63. The lowest BCUT2D eigenvalue weighted by molar-refractivity contribution is -0.117. The number of carbonyl (C=O) groups excluding carboxylic acids is 1. The van der Waals surface area contributed by atoms with Gasteiger partial charge in [-0.3, -0.25) is 9.69 Å². The van der Waals surface area contributed by atoms with Gasteiger partial charge < -0.3 is 9.88 Å². The number of anilines is 1. The molecule has 0 atom stereocenters. The van der Waals surface area contributed by atoms with Gasteiger partial charge in [0.15, 0.2) is 0 Å². The van der Waals surface area contributed by atoms with Crippen LogP contribution in [0.3, 0.4) is 0 Å². The van der Waals surface area contributed by atoms with E-state index < -0.39 is 0 Å². The molecule has 1 aliphatic heterocycles. The number of para-hydroxylation sites is 2. The Kier molecular flexibility index (Phi) is 3.87. The fourth-order valence-electron chi connectivity index (χ4n) is 2.83. The molecule has 1 fully saturated rings. The molecule has 0 bridgehead atoms. The molecule has 6 heteroatoms. The predicted molar refractivity (Wildman–Crippen MR) is 84.9 cm³/mol. The summed E-state index contributed by atoms with van der Waals surface area (Å²) in [6.07, 6.45) is 2.61. The molecule has 2 aromatic rings. The number of fused-ring (bicyclic) bond motifs is 3. The van der Waals surface area contributed by atoms with Crippen molar-refractivity contribution in [3.63, 3.8) is 0 Å². The summed E-state index contributed by atoms with van der Waals surface area (Å²) in [5.74, 6) is 1.72. The zero-order valence-electron chi connectivity index (χ0n) is 11.8. The summed E-state index contributed by atoms with van der Waals surface area (Å²) in [4.78, 5) is 18.7. The van der Waals surface area contributed by atoms with E-state index >= 15 is 0 Å². The number of aromatic nitrogens is 2. The van der Waals surface area contributed by atoms with Gasteiger partial charge in [0.2, 0.25) is 11.9 Å². The normalized spacial score (nSPS) is 16.9. The van der Waals surface area contributed by atoms with Crippen LogP contribution in [0.15, 0.2) is 24.3 Å². The van der Waals surface area contributed by atoms with Gasteiger partial charge in [-0.2, -0.15) is 0 Å². The van der Waals surface area contributed by atoms with Gasteiger partial charge in [0.1, 0.15) is 0 Å². The SMILES string of the molecule is Cl.O=C(CNCC1CC1)N1CCn2c1nc1ccccc12. The van der Waals surface area contributed by atoms with Crippen LogP contribution in [0.4, 0.5) is 5.95 Å². The molecule has 0 radical (unpaired) electrons. The van der Waals surface area contributed by atoms with Crippen molar-refractivity contribution in [3.8, 4) is 0 Å². The number of benzene rings is 1. The number of nitrogens with zero attached hydrogens (tertiary/aromatic N) is 3. The predicted octanol–water partition coefficient (Wildman–Crippen LogP) is 1.80. The minimum absolute atomic E-state index is 0. The van der Waals surface area contributed by atoms with Crippen LogP contribution in [0.5, 0.6) is 0 Å². The number of hydrogen-bond donors (Lipinski definition) is 1. The second-order valence-electron chi connectivity index (χ2n) is 5.67. The topological polar surface area (TPSA) is 50.2 Å². The minimum atomic E-state index is 0. The summed E-state index contributed by atoms with van der Waals surface area (Å²) in [7, 11) is 0. The van der Waals surface area contributed by atoms with E-state index in [1.165, 1.54) is 12.8 Å². The summed E-state index contributed by atoms with van der Waals surface area (Å²) >= 11 is 0. The molecule has 0 unspecified atom stereocenters. The summed E-state index contributed by atoms with van der Waals surface area (Å²) in [6.45, 7) is 2.96. The first-order valence-corrected chi connectivity index (χ1v) is 7.29. The van der Waals surface area contributed by atoms with E-state index in [1.807, 2.05) is 18.2 Å². The number of halogens is 1. The second kappa shape index (κ2) is 5.66. The van der Waals surface area contributed by atoms with Gasteiger partial charge in [-0.25, -0.2) is 4.98 Å². The van der Waals surface area contributed by atoms with Gasteiger partial charge in [-0.15, -0.1) is 12.4 Å². The number of amides is 1. The Morgan fingerprint density at radius 3 is 2.90 bits per heavy atom. The van der Waals surface area contributed by atoms with Crippen molar-refractivity contribution < 1.29 is 4.79 Å². The lowest BCUT2D eigenvalue weighted by Crippen LogP contribution is -2.38. The van der Waals surface area contributed by atoms with Crippen LogP contribution in [0.2, 0.25) is 0 Å². The molecule has 0 spiro atoms. The highest BCUT2D eigenvalue weighted by molar-refractivity contribution is 5.96. The van der Waals surface area contributed by atoms with E-state index in [-0.39, 0.29) is 18.3 Å². The molecule has 1 aromatic carbocycles. The van der Waals surface area contributed by atoms with E-state index in [0.29, 0.717) is 6.54 Å². The van der Waals surface area contributed by atoms with E-state index in [9.17, 15) is 4.79 Å². The maximum atomic E-state index is 12.3. The van der Waals surface area contributed by atoms with E-state index in [0.717, 1.165) is 42.5 Å². The van der Waals surface area contributed by atoms with E-state index in [4.69, 9.17) is 0 Å². The maximum absolute atomic E-state index is 12.3. The molecule has 1 aliphatic carbocycles. The number of hydrogen-bond acceptors (Lipinski definition) is 3. The highest BCUT2D eigenvalue weighted by Gasteiger charge is 2.28. The molecule has 2 heterocycles. The zero-order valence-corrected chi connectivity index (χ0v) is 12.6. The Morgan fingerprint density at radius 1 is 1.29 bits per heavy atom. The molecule has 21 heavy (non-hydrogen) atoms. The summed E-state index contributed by atoms with van der Waals surface area (Å²) in [5, 5.41) is 3.26. The van der Waals surface area contributed by atoms with E-state index in [2.05, 4.69) is 20.9 Å². The second-order valence-corrected chi connectivity index (χ2v) is 5.67. The van der Waals surface area contributed by atoms with Gasteiger partial charge in [0.05, 0.1) is 17.6 Å². The molecule has 5 nitrogen and oxygen atoms in total. The molecule has 112 valence electrons. The van der Waals surface area contributed by atoms with E-state index in [1.54, 1.807) is 4.90 Å². The smallest absolute Gasteiger partial charge is 0.243 e. The van der Waals surface area contributed by atoms with Crippen LogP contribution >= 0.6 is 12.4 Å². The van der Waals surface area contributed by atoms with Crippen LogP contribution in [0, 0.1) is 5.92 Å². The monoisotopic (exact) mass is 306 g/mol. The summed E-state index contributed by atoms with van der Waals surface area (Å²) in [6, 6.07) is 8.05. The van der Waals surface area contributed by atoms with Crippen molar-refractivity contribution in [2.75, 3.05) is 24.5 Å². The number of nitrogens with one attached hydrogen (secondary N) is 1. The molecular weight excluding hydrogens is 288 g/mol. The third-order valence-corrected chi connectivity index (χ3v) is 4.13. The average Bonchev–Trinajstić information content (AvgIpc) is 3.07. The average molecular weight is 307 g/mol. The minimum Gasteiger partial charge on any atom is -0.308 e. The Labute approximate surface area is 129 Å². The van der Waals surface area contributed by atoms with Crippen LogP contribution in [-0.2, 0) is 11.3 Å². The quantitative estimate of drug-likeness (QED) is 0.937. The van der Waals surface area contributed by atoms with Gasteiger partial charge in [-0.1, -0.05) is 12.1 Å². The largest absolute Gasteiger partial charge is 0.308 e. The maximum Gasteiger partial charge on any atom is 0.243 e. The molecule has 1 aromatic heterocycles. The molecular formula is C15H19ClN4O. The van der Waals surface area contributed by atoms with Crippen molar-refractivity contribution in [2.24, 2.45) is 5.92 Å². The summed E-state index contributed by atoms with van der Waals surface area (Å²) in [5.41, 5.74) is 2.08. The van der Waals surface area contributed by atoms with Crippen molar-refractivity contribution >= 4 is 35.3 Å². The number of imidazole rings is 1. The first-order valence-electron chi connectivity index (χ1n) is 7.29. The Hall–Kier alpha value is -1.59. The first kappa shape index (κ1) is 14.4. The fourth-order valence-corrected chi connectivity index (χ4v) is 2.83. The van der Waals surface area contributed by atoms with Crippen molar-refractivity contribution in [1.29, 1.82) is 0 Å². The first-order chi connectivity index (χ1) is 9.83. The zero-order chi connectivity index (χ0) is 13.5. The fraction of sp³-hybridized carbons (Fsp3) is 0.467. The number of rotatable bonds is 4. The summed E-state index contributed by atoms with van der Waals surface area (Å²) < 4.78 is 2.13. The van der Waals surface area contributed by atoms with Gasteiger partial charge >= 0.3 is 0 Å². The molecule has 0 saturated heterocycles. The van der Waals surface area contributed by atoms with Crippen LogP contribution in [0.1, 0.15) is 12.8 Å². The van der Waals surface area contributed by atoms with Gasteiger partial charge in [0.25, 0.3) is 0 Å². The Bertz CT molecular complexity index is 665. The van der Waals surface area contributed by atoms with Gasteiger partial charge in [0, 0.05) is 13.1 Å². The van der Waals surface area contributed by atoms with Crippen LogP contribution in [-0.4, -0.2) is 35.1 Å². The lowest BCUT2D eigenvalue weighted by Gasteiger charge is -2.14. The van der Waals surface area contributed by atoms with Crippen LogP contribution in [0.25, 0.3) is 11.0 Å². The molecule has 4 rings (SSSR count). The Morgan fingerprint density at radius 2 is 2.10 bits per heavy atom. The van der Waals surface area contributed by atoms with Crippen molar-refractivity contribution in [2.45, 2.75) is 19.4 Å². The van der Waals surface area contributed by atoms with Gasteiger partial charge in [-0.05, 0) is 37.4 Å². The third-order valence-electron chi connectivity index (χ3n) is 4.13. The molecule has 1 amide bonds. The molecule has 1 N–H and O–H groups in total. The highest BCUT2D eigenvalue weighted by atomic mass is 35.5. The van der Waals surface area contributed by atoms with Crippen LogP contribution < -0.4 is 10.2 Å². The highest BCUT2D eigenvalue weighted by Crippen LogP contribution is 2.28. The number of carbonyl (C=O) groups is 1. The van der Waals surface area contributed by atoms with Crippen molar-refractivity contribution in [3.05, 3.63) is 24.3 Å². The Balaban J connectivity index is 0.00000132. The molecule has 1 saturated carbocycles. The van der Waals surface area contributed by atoms with Crippen molar-refractivity contribution in [1.82, 2.24) is 14.9 Å².